The Labute approximate surface area is 92.1 Å². The highest BCUT2D eigenvalue weighted by atomic mass is 15.0. The molecule has 2 nitrogen and oxygen atoms in total. The van der Waals surface area contributed by atoms with Gasteiger partial charge >= 0.3 is 0 Å². The molecule has 0 aromatic carbocycles. The molecular weight excluding hydrogens is 184 g/mol. The van der Waals surface area contributed by atoms with E-state index in [0.29, 0.717) is 6.04 Å². The highest BCUT2D eigenvalue weighted by Crippen LogP contribution is 2.26. The maximum Gasteiger partial charge on any atom is 0.126 e. The van der Waals surface area contributed by atoms with Crippen molar-refractivity contribution in [3.63, 3.8) is 0 Å². The Morgan fingerprint density at radius 3 is 2.87 bits per heavy atom. The Morgan fingerprint density at radius 1 is 1.33 bits per heavy atom. The van der Waals surface area contributed by atoms with Gasteiger partial charge in [0.1, 0.15) is 5.82 Å². The number of hydrogen-bond donors (Lipinski definition) is 1. The summed E-state index contributed by atoms with van der Waals surface area (Å²) in [7, 11) is 0. The maximum atomic E-state index is 4.36. The number of nitrogens with zero attached hydrogens (tertiary/aromatic N) is 1. The summed E-state index contributed by atoms with van der Waals surface area (Å²) in [6.07, 6.45) is 7.26. The molecule has 2 heteroatoms. The summed E-state index contributed by atoms with van der Waals surface area (Å²) < 4.78 is 0. The molecule has 0 radical (unpaired) electrons. The molecule has 1 aliphatic carbocycles. The molecule has 1 fully saturated rings. The Bertz CT molecular complexity index is 322. The van der Waals surface area contributed by atoms with E-state index in [2.05, 4.69) is 30.2 Å². The molecule has 0 unspecified atom stereocenters. The van der Waals surface area contributed by atoms with E-state index in [0.717, 1.165) is 11.7 Å². The summed E-state index contributed by atoms with van der Waals surface area (Å²) in [5, 5.41) is 3.56. The third kappa shape index (κ3) is 2.71. The normalized spacial score (nSPS) is 26.3. The molecule has 2 atom stereocenters. The zero-order valence-corrected chi connectivity index (χ0v) is 9.66. The van der Waals surface area contributed by atoms with Gasteiger partial charge in [-0.05, 0) is 43.4 Å². The molecule has 0 bridgehead atoms. The number of pyridine rings is 1. The van der Waals surface area contributed by atoms with Crippen LogP contribution in [-0.4, -0.2) is 11.0 Å². The molecule has 1 aromatic rings. The van der Waals surface area contributed by atoms with Crippen molar-refractivity contribution in [2.24, 2.45) is 5.92 Å². The van der Waals surface area contributed by atoms with Crippen molar-refractivity contribution in [1.82, 2.24) is 4.98 Å². The second-order valence-electron chi connectivity index (χ2n) is 4.73. The number of aromatic nitrogens is 1. The van der Waals surface area contributed by atoms with Gasteiger partial charge in [-0.2, -0.15) is 0 Å². The number of hydrogen-bond acceptors (Lipinski definition) is 2. The molecule has 1 aliphatic rings. The molecule has 0 aliphatic heterocycles. The van der Waals surface area contributed by atoms with E-state index in [9.17, 15) is 0 Å². The minimum Gasteiger partial charge on any atom is -0.367 e. The van der Waals surface area contributed by atoms with Gasteiger partial charge in [0.15, 0.2) is 0 Å². The monoisotopic (exact) mass is 204 g/mol. The summed E-state index contributed by atoms with van der Waals surface area (Å²) in [6.45, 7) is 4.45. The quantitative estimate of drug-likeness (QED) is 0.798. The van der Waals surface area contributed by atoms with Crippen LogP contribution in [0.2, 0.25) is 0 Å². The first-order valence-electron chi connectivity index (χ1n) is 5.95. The zero-order chi connectivity index (χ0) is 10.7. The average Bonchev–Trinajstić information content (AvgIpc) is 2.22. The lowest BCUT2D eigenvalue weighted by Crippen LogP contribution is -2.30. The Morgan fingerprint density at radius 2 is 2.13 bits per heavy atom. The van der Waals surface area contributed by atoms with E-state index in [1.54, 1.807) is 0 Å². The SMILES string of the molecule is Cc1ccnc(N[C@H]2CCCC[C@@H]2C)c1. The van der Waals surface area contributed by atoms with Crippen molar-refractivity contribution in [3.05, 3.63) is 23.9 Å². The number of anilines is 1. The molecule has 1 saturated carbocycles. The Kier molecular flexibility index (Phi) is 3.24. The molecule has 0 spiro atoms. The van der Waals surface area contributed by atoms with Gasteiger partial charge in [0.25, 0.3) is 0 Å². The van der Waals surface area contributed by atoms with E-state index in [1.807, 2.05) is 12.3 Å². The minimum absolute atomic E-state index is 0.619. The van der Waals surface area contributed by atoms with Crippen LogP contribution in [0.15, 0.2) is 18.3 Å². The van der Waals surface area contributed by atoms with Crippen molar-refractivity contribution in [2.75, 3.05) is 5.32 Å². The number of nitrogens with one attached hydrogen (secondary N) is 1. The first-order chi connectivity index (χ1) is 7.25. The van der Waals surface area contributed by atoms with Crippen LogP contribution in [-0.2, 0) is 0 Å². The second kappa shape index (κ2) is 4.65. The van der Waals surface area contributed by atoms with E-state index in [1.165, 1.54) is 31.2 Å². The van der Waals surface area contributed by atoms with Gasteiger partial charge in [-0.1, -0.05) is 19.8 Å². The van der Waals surface area contributed by atoms with Crippen molar-refractivity contribution in [3.8, 4) is 0 Å². The van der Waals surface area contributed by atoms with E-state index < -0.39 is 0 Å². The van der Waals surface area contributed by atoms with Gasteiger partial charge in [0.2, 0.25) is 0 Å². The largest absolute Gasteiger partial charge is 0.367 e. The lowest BCUT2D eigenvalue weighted by atomic mass is 9.86. The zero-order valence-electron chi connectivity index (χ0n) is 9.66. The summed E-state index contributed by atoms with van der Waals surface area (Å²) in [6, 6.07) is 4.78. The lowest BCUT2D eigenvalue weighted by molar-refractivity contribution is 0.349. The summed E-state index contributed by atoms with van der Waals surface area (Å²) in [5.41, 5.74) is 1.27. The van der Waals surface area contributed by atoms with Crippen molar-refractivity contribution < 1.29 is 0 Å². The van der Waals surface area contributed by atoms with Crippen LogP contribution in [0.4, 0.5) is 5.82 Å². The average molecular weight is 204 g/mol. The number of rotatable bonds is 2. The summed E-state index contributed by atoms with van der Waals surface area (Å²) in [5.74, 6) is 1.81. The fourth-order valence-electron chi connectivity index (χ4n) is 2.34. The van der Waals surface area contributed by atoms with Gasteiger partial charge in [-0.3, -0.25) is 0 Å². The standard InChI is InChI=1S/C13H20N2/c1-10-7-8-14-13(9-10)15-12-6-4-3-5-11(12)2/h7-9,11-12H,3-6H2,1-2H3,(H,14,15)/t11-,12-/m0/s1. The molecule has 1 N–H and O–H groups in total. The van der Waals surface area contributed by atoms with Crippen LogP contribution in [0, 0.1) is 12.8 Å². The van der Waals surface area contributed by atoms with Crippen LogP contribution in [0.25, 0.3) is 0 Å². The van der Waals surface area contributed by atoms with Crippen molar-refractivity contribution in [1.29, 1.82) is 0 Å². The van der Waals surface area contributed by atoms with Crippen LogP contribution < -0.4 is 5.32 Å². The first-order valence-corrected chi connectivity index (χ1v) is 5.95. The highest BCUT2D eigenvalue weighted by molar-refractivity contribution is 5.38. The van der Waals surface area contributed by atoms with Crippen LogP contribution >= 0.6 is 0 Å². The van der Waals surface area contributed by atoms with E-state index >= 15 is 0 Å². The van der Waals surface area contributed by atoms with Crippen LogP contribution in [0.5, 0.6) is 0 Å². The predicted molar refractivity (Wildman–Crippen MR) is 64.0 cm³/mol. The van der Waals surface area contributed by atoms with Gasteiger partial charge in [0.05, 0.1) is 0 Å². The van der Waals surface area contributed by atoms with Crippen molar-refractivity contribution >= 4 is 5.82 Å². The maximum absolute atomic E-state index is 4.36. The number of aryl methyl sites for hydroxylation is 1. The molecule has 15 heavy (non-hydrogen) atoms. The van der Waals surface area contributed by atoms with Gasteiger partial charge in [-0.25, -0.2) is 4.98 Å². The van der Waals surface area contributed by atoms with E-state index in [-0.39, 0.29) is 0 Å². The molecule has 0 saturated heterocycles. The molecular formula is C13H20N2. The molecule has 1 aromatic heterocycles. The third-order valence-electron chi connectivity index (χ3n) is 3.36. The highest BCUT2D eigenvalue weighted by Gasteiger charge is 2.20. The van der Waals surface area contributed by atoms with Crippen molar-refractivity contribution in [2.45, 2.75) is 45.6 Å². The predicted octanol–water partition coefficient (Wildman–Crippen LogP) is 3.38. The topological polar surface area (TPSA) is 24.9 Å². The molecule has 82 valence electrons. The minimum atomic E-state index is 0.619. The molecule has 2 rings (SSSR count). The van der Waals surface area contributed by atoms with E-state index in [4.69, 9.17) is 0 Å². The third-order valence-corrected chi connectivity index (χ3v) is 3.36. The Balaban J connectivity index is 2.01. The summed E-state index contributed by atoms with van der Waals surface area (Å²) >= 11 is 0. The van der Waals surface area contributed by atoms with Gasteiger partial charge in [0, 0.05) is 12.2 Å². The molecule has 1 heterocycles. The molecule has 0 amide bonds. The second-order valence-corrected chi connectivity index (χ2v) is 4.73. The van der Waals surface area contributed by atoms with Crippen LogP contribution in [0.3, 0.4) is 0 Å². The van der Waals surface area contributed by atoms with Crippen LogP contribution in [0.1, 0.15) is 38.2 Å². The summed E-state index contributed by atoms with van der Waals surface area (Å²) in [4.78, 5) is 4.36. The lowest BCUT2D eigenvalue weighted by Gasteiger charge is -2.29. The first kappa shape index (κ1) is 10.5. The Hall–Kier alpha value is -1.05. The van der Waals surface area contributed by atoms with Gasteiger partial charge < -0.3 is 5.32 Å². The fourth-order valence-corrected chi connectivity index (χ4v) is 2.34. The smallest absolute Gasteiger partial charge is 0.126 e. The van der Waals surface area contributed by atoms with Gasteiger partial charge in [-0.15, -0.1) is 0 Å². The fraction of sp³-hybridized carbons (Fsp3) is 0.615.